The van der Waals surface area contributed by atoms with E-state index in [-0.39, 0.29) is 17.8 Å². The third-order valence-electron chi connectivity index (χ3n) is 2.85. The van der Waals surface area contributed by atoms with Gasteiger partial charge in [0.05, 0.1) is 13.2 Å². The Morgan fingerprint density at radius 2 is 1.45 bits per heavy atom. The first-order valence-corrected chi connectivity index (χ1v) is 7.37. The monoisotopic (exact) mass is 287 g/mol. The zero-order valence-corrected chi connectivity index (χ0v) is 13.6. The summed E-state index contributed by atoms with van der Waals surface area (Å²) in [5.41, 5.74) is 0. The van der Waals surface area contributed by atoms with Gasteiger partial charge in [0.2, 0.25) is 0 Å². The average Bonchev–Trinajstić information content (AvgIpc) is 2.38. The van der Waals surface area contributed by atoms with Gasteiger partial charge in [0.1, 0.15) is 6.04 Å². The van der Waals surface area contributed by atoms with Crippen LogP contribution in [0, 0.1) is 17.8 Å². The molecule has 2 atom stereocenters. The van der Waals surface area contributed by atoms with Gasteiger partial charge in [-0.15, -0.1) is 0 Å². The first-order chi connectivity index (χ1) is 9.27. The largest absolute Gasteiger partial charge is 0.464 e. The molecule has 0 aromatic heterocycles. The molecule has 0 radical (unpaired) electrons. The van der Waals surface area contributed by atoms with E-state index in [4.69, 9.17) is 9.47 Å². The van der Waals surface area contributed by atoms with Gasteiger partial charge in [0, 0.05) is 0 Å². The van der Waals surface area contributed by atoms with Crippen molar-refractivity contribution in [2.24, 2.45) is 17.8 Å². The molecule has 0 rings (SSSR count). The lowest BCUT2D eigenvalue weighted by Gasteiger charge is -2.23. The Labute approximate surface area is 122 Å². The maximum Gasteiger partial charge on any atom is 0.407 e. The molecule has 20 heavy (non-hydrogen) atoms. The molecule has 5 nitrogen and oxygen atoms in total. The second-order valence-electron chi connectivity index (χ2n) is 6.02. The molecule has 0 aliphatic heterocycles. The van der Waals surface area contributed by atoms with Crippen LogP contribution in [-0.4, -0.2) is 31.3 Å². The fourth-order valence-corrected chi connectivity index (χ4v) is 1.42. The number of ether oxygens (including phenoxy) is 2. The number of hydrogen-bond acceptors (Lipinski definition) is 4. The van der Waals surface area contributed by atoms with Crippen LogP contribution in [0.4, 0.5) is 4.79 Å². The summed E-state index contributed by atoms with van der Waals surface area (Å²) in [6.45, 7) is 12.4. The first kappa shape index (κ1) is 18.7. The standard InChI is InChI=1S/C15H29NO4/c1-7-12(6)13(14(17)19-8-10(2)3)16-15(18)20-9-11(4)5/h10-13H,7-9H2,1-6H3,(H,16,18). The van der Waals surface area contributed by atoms with Crippen molar-refractivity contribution in [3.05, 3.63) is 0 Å². The average molecular weight is 287 g/mol. The van der Waals surface area contributed by atoms with Gasteiger partial charge < -0.3 is 14.8 Å². The molecular formula is C15H29NO4. The molecule has 2 unspecified atom stereocenters. The van der Waals surface area contributed by atoms with E-state index in [1.807, 2.05) is 41.5 Å². The molecular weight excluding hydrogens is 258 g/mol. The zero-order chi connectivity index (χ0) is 15.7. The Hall–Kier alpha value is -1.26. The SMILES string of the molecule is CCC(C)C(NC(=O)OCC(C)C)C(=O)OCC(C)C. The lowest BCUT2D eigenvalue weighted by atomic mass is 9.99. The zero-order valence-electron chi connectivity index (χ0n) is 13.6. The van der Waals surface area contributed by atoms with E-state index < -0.39 is 18.1 Å². The van der Waals surface area contributed by atoms with Gasteiger partial charge >= 0.3 is 12.1 Å². The Kier molecular flexibility index (Phi) is 9.01. The van der Waals surface area contributed by atoms with Crippen LogP contribution >= 0.6 is 0 Å². The van der Waals surface area contributed by atoms with Gasteiger partial charge in [-0.2, -0.15) is 0 Å². The number of carbonyl (C=O) groups excluding carboxylic acids is 2. The highest BCUT2D eigenvalue weighted by Gasteiger charge is 2.28. The maximum absolute atomic E-state index is 12.0. The third-order valence-corrected chi connectivity index (χ3v) is 2.85. The number of esters is 1. The highest BCUT2D eigenvalue weighted by Crippen LogP contribution is 2.10. The summed E-state index contributed by atoms with van der Waals surface area (Å²) in [6, 6.07) is -0.654. The summed E-state index contributed by atoms with van der Waals surface area (Å²) in [4.78, 5) is 23.7. The van der Waals surface area contributed by atoms with E-state index >= 15 is 0 Å². The Morgan fingerprint density at radius 1 is 0.950 bits per heavy atom. The molecule has 0 spiro atoms. The number of rotatable bonds is 8. The second-order valence-corrected chi connectivity index (χ2v) is 6.02. The molecule has 0 saturated heterocycles. The number of nitrogens with one attached hydrogen (secondary N) is 1. The van der Waals surface area contributed by atoms with Crippen molar-refractivity contribution in [2.75, 3.05) is 13.2 Å². The molecule has 0 saturated carbocycles. The Bertz CT molecular complexity index is 302. The van der Waals surface area contributed by atoms with Gasteiger partial charge in [-0.1, -0.05) is 48.0 Å². The quantitative estimate of drug-likeness (QED) is 0.697. The van der Waals surface area contributed by atoms with Crippen LogP contribution in [0.5, 0.6) is 0 Å². The van der Waals surface area contributed by atoms with Crippen molar-refractivity contribution >= 4 is 12.1 Å². The van der Waals surface area contributed by atoms with Crippen LogP contribution in [0.1, 0.15) is 48.0 Å². The summed E-state index contributed by atoms with van der Waals surface area (Å²) in [5.74, 6) is 0.135. The molecule has 0 aromatic carbocycles. The van der Waals surface area contributed by atoms with Crippen molar-refractivity contribution in [1.29, 1.82) is 0 Å². The summed E-state index contributed by atoms with van der Waals surface area (Å²) in [7, 11) is 0. The van der Waals surface area contributed by atoms with Crippen LogP contribution in [-0.2, 0) is 14.3 Å². The predicted octanol–water partition coefficient (Wildman–Crippen LogP) is 2.98. The summed E-state index contributed by atoms with van der Waals surface area (Å²) < 4.78 is 10.3. The summed E-state index contributed by atoms with van der Waals surface area (Å²) in [6.07, 6.45) is 0.205. The smallest absolute Gasteiger partial charge is 0.407 e. The molecule has 0 bridgehead atoms. The molecule has 0 aliphatic carbocycles. The number of carbonyl (C=O) groups is 2. The first-order valence-electron chi connectivity index (χ1n) is 7.37. The number of hydrogen-bond donors (Lipinski definition) is 1. The van der Waals surface area contributed by atoms with E-state index in [1.165, 1.54) is 0 Å². The number of amides is 1. The fourth-order valence-electron chi connectivity index (χ4n) is 1.42. The maximum atomic E-state index is 12.0. The summed E-state index contributed by atoms with van der Waals surface area (Å²) >= 11 is 0. The minimum absolute atomic E-state index is 0.00117. The molecule has 1 N–H and O–H groups in total. The van der Waals surface area contributed by atoms with E-state index in [0.29, 0.717) is 13.2 Å². The number of alkyl carbamates (subject to hydrolysis) is 1. The molecule has 1 amide bonds. The van der Waals surface area contributed by atoms with Gasteiger partial charge in [0.15, 0.2) is 0 Å². The van der Waals surface area contributed by atoms with Gasteiger partial charge in [0.25, 0.3) is 0 Å². The minimum Gasteiger partial charge on any atom is -0.464 e. The van der Waals surface area contributed by atoms with E-state index in [2.05, 4.69) is 5.32 Å². The predicted molar refractivity (Wildman–Crippen MR) is 78.4 cm³/mol. The highest BCUT2D eigenvalue weighted by atomic mass is 16.6. The van der Waals surface area contributed by atoms with Gasteiger partial charge in [-0.05, 0) is 17.8 Å². The summed E-state index contributed by atoms with van der Waals surface area (Å²) in [5, 5.41) is 2.61. The Morgan fingerprint density at radius 3 is 1.90 bits per heavy atom. The highest BCUT2D eigenvalue weighted by molar-refractivity contribution is 5.81. The molecule has 118 valence electrons. The minimum atomic E-state index is -0.654. The van der Waals surface area contributed by atoms with Crippen molar-refractivity contribution in [2.45, 2.75) is 54.0 Å². The molecule has 0 heterocycles. The molecule has 0 aromatic rings. The van der Waals surface area contributed by atoms with Crippen LogP contribution in [0.15, 0.2) is 0 Å². The fraction of sp³-hybridized carbons (Fsp3) is 0.867. The van der Waals surface area contributed by atoms with Crippen LogP contribution in [0.3, 0.4) is 0 Å². The lowest BCUT2D eigenvalue weighted by Crippen LogP contribution is -2.46. The van der Waals surface area contributed by atoms with E-state index in [0.717, 1.165) is 6.42 Å². The van der Waals surface area contributed by atoms with Crippen molar-refractivity contribution in [3.63, 3.8) is 0 Å². The van der Waals surface area contributed by atoms with Crippen molar-refractivity contribution in [1.82, 2.24) is 5.32 Å². The normalized spacial score (nSPS) is 14.0. The lowest BCUT2D eigenvalue weighted by molar-refractivity contribution is -0.148. The van der Waals surface area contributed by atoms with Crippen molar-refractivity contribution < 1.29 is 19.1 Å². The van der Waals surface area contributed by atoms with Crippen molar-refractivity contribution in [3.8, 4) is 0 Å². The second kappa shape index (κ2) is 9.61. The van der Waals surface area contributed by atoms with Crippen LogP contribution in [0.25, 0.3) is 0 Å². The van der Waals surface area contributed by atoms with Gasteiger partial charge in [-0.25, -0.2) is 9.59 Å². The molecule has 5 heteroatoms. The topological polar surface area (TPSA) is 64.6 Å². The molecule has 0 fully saturated rings. The molecule has 0 aliphatic rings. The van der Waals surface area contributed by atoms with E-state index in [9.17, 15) is 9.59 Å². The van der Waals surface area contributed by atoms with Gasteiger partial charge in [-0.3, -0.25) is 0 Å². The third kappa shape index (κ3) is 8.02. The van der Waals surface area contributed by atoms with E-state index in [1.54, 1.807) is 0 Å². The van der Waals surface area contributed by atoms with Crippen LogP contribution < -0.4 is 5.32 Å². The Balaban J connectivity index is 4.48. The van der Waals surface area contributed by atoms with Crippen LogP contribution in [0.2, 0.25) is 0 Å².